The molecule has 2 aromatic rings. The van der Waals surface area contributed by atoms with Gasteiger partial charge in [-0.15, -0.1) is 0 Å². The van der Waals surface area contributed by atoms with E-state index in [1.807, 2.05) is 24.3 Å². The lowest BCUT2D eigenvalue weighted by Gasteiger charge is -2.30. The summed E-state index contributed by atoms with van der Waals surface area (Å²) in [6, 6.07) is 9.61. The summed E-state index contributed by atoms with van der Waals surface area (Å²) >= 11 is 0. The van der Waals surface area contributed by atoms with Crippen molar-refractivity contribution in [3.8, 4) is 23.7 Å². The fourth-order valence-corrected chi connectivity index (χ4v) is 2.75. The van der Waals surface area contributed by atoms with Crippen LogP contribution in [0.1, 0.15) is 24.1 Å². The molecule has 0 radical (unpaired) electrons. The van der Waals surface area contributed by atoms with Crippen LogP contribution in [0, 0.1) is 23.2 Å². The van der Waals surface area contributed by atoms with E-state index in [1.165, 1.54) is 5.57 Å². The van der Waals surface area contributed by atoms with Crippen LogP contribution in [0.4, 0.5) is 5.82 Å². The highest BCUT2D eigenvalue weighted by Crippen LogP contribution is 2.29. The number of pyridine rings is 2. The molecule has 0 aromatic carbocycles. The van der Waals surface area contributed by atoms with Crippen LogP contribution in [0.5, 0.6) is 5.75 Å². The molecular weight excluding hydrogens is 312 g/mol. The lowest BCUT2D eigenvalue weighted by molar-refractivity contribution is 0.412. The molecule has 2 aromatic heterocycles. The zero-order chi connectivity index (χ0) is 17.5. The number of anilines is 1. The van der Waals surface area contributed by atoms with Crippen molar-refractivity contribution in [3.63, 3.8) is 0 Å². The minimum absolute atomic E-state index is 0.493. The summed E-state index contributed by atoms with van der Waals surface area (Å²) in [5.41, 5.74) is 2.57. The van der Waals surface area contributed by atoms with Gasteiger partial charge in [-0.3, -0.25) is 0 Å². The van der Waals surface area contributed by atoms with E-state index in [4.69, 9.17) is 4.74 Å². The standard InChI is InChI=1S/C20H18N4O/c1-25-19-8-12-23-20(18(19)15-21)24-13-9-16(10-14-24)5-4-7-17-6-2-3-11-22-17/h2-3,5-6,8,11-12H,9-10,13-14H2,1H3. The Morgan fingerprint density at radius 3 is 2.68 bits per heavy atom. The van der Waals surface area contributed by atoms with Crippen molar-refractivity contribution in [1.29, 1.82) is 5.26 Å². The van der Waals surface area contributed by atoms with Gasteiger partial charge >= 0.3 is 0 Å². The monoisotopic (exact) mass is 330 g/mol. The topological polar surface area (TPSA) is 62.0 Å². The first-order chi connectivity index (χ1) is 12.3. The minimum Gasteiger partial charge on any atom is -0.495 e. The number of aromatic nitrogens is 2. The quantitative estimate of drug-likeness (QED) is 0.792. The number of methoxy groups -OCH3 is 1. The molecule has 0 saturated carbocycles. The number of rotatable bonds is 2. The first-order valence-electron chi connectivity index (χ1n) is 8.10. The number of hydrogen-bond donors (Lipinski definition) is 0. The molecule has 25 heavy (non-hydrogen) atoms. The van der Waals surface area contributed by atoms with E-state index in [9.17, 15) is 5.26 Å². The average Bonchev–Trinajstić information content (AvgIpc) is 2.68. The molecule has 3 heterocycles. The van der Waals surface area contributed by atoms with Crippen LogP contribution in [0.2, 0.25) is 0 Å². The van der Waals surface area contributed by atoms with Crippen molar-refractivity contribution < 1.29 is 4.74 Å². The fraction of sp³-hybridized carbons (Fsp3) is 0.250. The molecule has 0 aliphatic carbocycles. The number of nitrogens with zero attached hydrogens (tertiary/aromatic N) is 4. The molecule has 1 aliphatic heterocycles. The van der Waals surface area contributed by atoms with Crippen molar-refractivity contribution in [2.75, 3.05) is 25.1 Å². The Bertz CT molecular complexity index is 862. The van der Waals surface area contributed by atoms with Gasteiger partial charge in [0.15, 0.2) is 0 Å². The van der Waals surface area contributed by atoms with E-state index in [0.717, 1.165) is 31.6 Å². The minimum atomic E-state index is 0.493. The third-order valence-electron chi connectivity index (χ3n) is 4.07. The molecule has 5 heteroatoms. The van der Waals surface area contributed by atoms with Crippen LogP contribution < -0.4 is 9.64 Å². The predicted molar refractivity (Wildman–Crippen MR) is 96.1 cm³/mol. The second kappa shape index (κ2) is 7.99. The van der Waals surface area contributed by atoms with Crippen LogP contribution in [0.3, 0.4) is 0 Å². The van der Waals surface area contributed by atoms with Crippen LogP contribution >= 0.6 is 0 Å². The molecule has 0 spiro atoms. The molecule has 0 bridgehead atoms. The second-order valence-corrected chi connectivity index (χ2v) is 5.60. The fourth-order valence-electron chi connectivity index (χ4n) is 2.75. The molecule has 1 aliphatic rings. The smallest absolute Gasteiger partial charge is 0.150 e. The summed E-state index contributed by atoms with van der Waals surface area (Å²) in [4.78, 5) is 10.7. The molecule has 0 unspecified atom stereocenters. The van der Waals surface area contributed by atoms with Crippen molar-refractivity contribution in [3.05, 3.63) is 59.6 Å². The first kappa shape index (κ1) is 16.5. The molecule has 0 amide bonds. The Balaban J connectivity index is 1.68. The lowest BCUT2D eigenvalue weighted by Crippen LogP contribution is -2.32. The molecule has 124 valence electrons. The lowest BCUT2D eigenvalue weighted by atomic mass is 10.0. The van der Waals surface area contributed by atoms with Crippen LogP contribution in [0.25, 0.3) is 0 Å². The van der Waals surface area contributed by atoms with Gasteiger partial charge in [-0.25, -0.2) is 9.97 Å². The zero-order valence-electron chi connectivity index (χ0n) is 14.1. The Labute approximate surface area is 147 Å². The van der Waals surface area contributed by atoms with E-state index in [-0.39, 0.29) is 0 Å². The predicted octanol–water partition coefficient (Wildman–Crippen LogP) is 2.94. The third kappa shape index (κ3) is 3.97. The van der Waals surface area contributed by atoms with E-state index >= 15 is 0 Å². The summed E-state index contributed by atoms with van der Waals surface area (Å²) in [6.45, 7) is 1.62. The molecule has 3 rings (SSSR count). The Kier molecular flexibility index (Phi) is 5.29. The van der Waals surface area contributed by atoms with Crippen molar-refractivity contribution in [1.82, 2.24) is 9.97 Å². The summed E-state index contributed by atoms with van der Waals surface area (Å²) < 4.78 is 5.26. The first-order valence-corrected chi connectivity index (χ1v) is 8.10. The summed E-state index contributed by atoms with van der Waals surface area (Å²) in [5.74, 6) is 7.39. The van der Waals surface area contributed by atoms with E-state index in [2.05, 4.69) is 32.8 Å². The van der Waals surface area contributed by atoms with Crippen molar-refractivity contribution in [2.45, 2.75) is 12.8 Å². The maximum Gasteiger partial charge on any atom is 0.150 e. The van der Waals surface area contributed by atoms with Gasteiger partial charge in [-0.2, -0.15) is 5.26 Å². The maximum absolute atomic E-state index is 9.41. The van der Waals surface area contributed by atoms with Crippen LogP contribution in [0.15, 0.2) is 48.3 Å². The molecule has 1 saturated heterocycles. The van der Waals surface area contributed by atoms with Crippen LogP contribution in [-0.2, 0) is 0 Å². The van der Waals surface area contributed by atoms with E-state index in [0.29, 0.717) is 17.1 Å². The average molecular weight is 330 g/mol. The molecular formula is C20H18N4O. The zero-order valence-corrected chi connectivity index (χ0v) is 14.1. The Morgan fingerprint density at radius 2 is 2.00 bits per heavy atom. The number of nitriles is 1. The van der Waals surface area contributed by atoms with Crippen molar-refractivity contribution >= 4 is 5.82 Å². The van der Waals surface area contributed by atoms with E-state index in [1.54, 1.807) is 25.6 Å². The van der Waals surface area contributed by atoms with Gasteiger partial charge in [-0.05, 0) is 43.0 Å². The molecule has 1 fully saturated rings. The summed E-state index contributed by atoms with van der Waals surface area (Å²) in [6.07, 6.45) is 7.21. The van der Waals surface area contributed by atoms with Gasteiger partial charge < -0.3 is 9.64 Å². The van der Waals surface area contributed by atoms with Gasteiger partial charge in [0.05, 0.1) is 7.11 Å². The number of ether oxygens (including phenoxy) is 1. The van der Waals surface area contributed by atoms with Crippen molar-refractivity contribution in [2.24, 2.45) is 0 Å². The normalized spacial score (nSPS) is 13.4. The Morgan fingerprint density at radius 1 is 1.16 bits per heavy atom. The molecule has 0 N–H and O–H groups in total. The van der Waals surface area contributed by atoms with Gasteiger partial charge in [0, 0.05) is 25.5 Å². The highest BCUT2D eigenvalue weighted by Gasteiger charge is 2.20. The van der Waals surface area contributed by atoms with Gasteiger partial charge in [0.1, 0.15) is 28.9 Å². The molecule has 0 atom stereocenters. The largest absolute Gasteiger partial charge is 0.495 e. The number of piperidine rings is 1. The second-order valence-electron chi connectivity index (χ2n) is 5.60. The highest BCUT2D eigenvalue weighted by atomic mass is 16.5. The highest BCUT2D eigenvalue weighted by molar-refractivity contribution is 5.60. The van der Waals surface area contributed by atoms with Gasteiger partial charge in [-0.1, -0.05) is 17.6 Å². The number of allylic oxidation sites excluding steroid dienone is 1. The Hall–Kier alpha value is -3.31. The van der Waals surface area contributed by atoms with Gasteiger partial charge in [0.2, 0.25) is 0 Å². The third-order valence-corrected chi connectivity index (χ3v) is 4.07. The van der Waals surface area contributed by atoms with E-state index < -0.39 is 0 Å². The number of hydrogen-bond acceptors (Lipinski definition) is 5. The maximum atomic E-state index is 9.41. The SMILES string of the molecule is COc1ccnc(N2CCC(=CC#Cc3ccccn3)CC2)c1C#N. The summed E-state index contributed by atoms with van der Waals surface area (Å²) in [7, 11) is 1.57. The van der Waals surface area contributed by atoms with Gasteiger partial charge in [0.25, 0.3) is 0 Å². The molecule has 5 nitrogen and oxygen atoms in total. The van der Waals surface area contributed by atoms with Crippen LogP contribution in [-0.4, -0.2) is 30.2 Å². The summed E-state index contributed by atoms with van der Waals surface area (Å²) in [5, 5.41) is 9.41.